The molecule has 6 nitrogen and oxygen atoms in total. The van der Waals surface area contributed by atoms with E-state index in [2.05, 4.69) is 4.74 Å². The van der Waals surface area contributed by atoms with Crippen LogP contribution in [0.4, 0.5) is 13.2 Å². The molecular formula is C12H17F3N2O4. The Bertz CT molecular complexity index is 439. The lowest BCUT2D eigenvalue weighted by molar-refractivity contribution is -0.162. The number of rotatable bonds is 2. The molecule has 0 unspecified atom stereocenters. The number of methoxy groups -OCH3 is 1. The Kier molecular flexibility index (Phi) is 5.19. The van der Waals surface area contributed by atoms with E-state index in [1.165, 1.54) is 7.11 Å². The highest BCUT2D eigenvalue weighted by Gasteiger charge is 2.43. The van der Waals surface area contributed by atoms with Gasteiger partial charge in [0.15, 0.2) is 0 Å². The Labute approximate surface area is 119 Å². The molecule has 1 heterocycles. The number of esters is 1. The summed E-state index contributed by atoms with van der Waals surface area (Å²) in [6.07, 6.45) is -4.32. The maximum absolute atomic E-state index is 12.3. The Balaban J connectivity index is 2.68. The van der Waals surface area contributed by atoms with Crippen LogP contribution in [0.2, 0.25) is 0 Å². The van der Waals surface area contributed by atoms with Gasteiger partial charge in [0.25, 0.3) is 0 Å². The molecule has 0 aromatic heterocycles. The van der Waals surface area contributed by atoms with Crippen LogP contribution in [-0.4, -0.2) is 54.6 Å². The number of nitrogens with zero attached hydrogens (tertiary/aromatic N) is 1. The summed E-state index contributed by atoms with van der Waals surface area (Å²) in [7, 11) is 1.21. The van der Waals surface area contributed by atoms with Crippen molar-refractivity contribution in [3.05, 3.63) is 0 Å². The molecule has 0 spiro atoms. The number of alkyl halides is 3. The summed E-state index contributed by atoms with van der Waals surface area (Å²) in [5.74, 6) is -3.50. The minimum Gasteiger partial charge on any atom is -0.469 e. The van der Waals surface area contributed by atoms with Gasteiger partial charge < -0.3 is 15.0 Å². The number of amides is 2. The summed E-state index contributed by atoms with van der Waals surface area (Å²) in [4.78, 5) is 36.0. The zero-order chi connectivity index (χ0) is 16.4. The van der Waals surface area contributed by atoms with Crippen LogP contribution < -0.4 is 5.32 Å². The molecule has 1 aliphatic heterocycles. The highest BCUT2D eigenvalue weighted by Crippen LogP contribution is 2.25. The molecular weight excluding hydrogens is 293 g/mol. The number of nitrogens with one attached hydrogen (secondary N) is 1. The van der Waals surface area contributed by atoms with Crippen LogP contribution in [0.5, 0.6) is 0 Å². The molecule has 1 N–H and O–H groups in total. The average molecular weight is 310 g/mol. The van der Waals surface area contributed by atoms with Crippen LogP contribution in [0.3, 0.4) is 0 Å². The van der Waals surface area contributed by atoms with Gasteiger partial charge in [-0.15, -0.1) is 0 Å². The van der Waals surface area contributed by atoms with Gasteiger partial charge >= 0.3 is 24.0 Å². The molecule has 0 aromatic carbocycles. The summed E-state index contributed by atoms with van der Waals surface area (Å²) < 4.78 is 41.6. The maximum Gasteiger partial charge on any atom is 0.408 e. The predicted octanol–water partition coefficient (Wildman–Crippen LogP) is 0.463. The van der Waals surface area contributed by atoms with Crippen molar-refractivity contribution in [2.45, 2.75) is 38.5 Å². The van der Waals surface area contributed by atoms with Gasteiger partial charge in [-0.05, 0) is 20.3 Å². The molecule has 0 aliphatic carbocycles. The topological polar surface area (TPSA) is 75.7 Å². The standard InChI is InChI=1S/C12H17F3N2O4/c1-6-8(11(20)21-3)4-5-17(6)10(19)9(18)16-7(2)12(13,14)15/h6-8H,4-5H2,1-3H3,(H,16,18)/t6-,7+,8-/m0/s1. The highest BCUT2D eigenvalue weighted by atomic mass is 19.4. The fourth-order valence-electron chi connectivity index (χ4n) is 2.16. The van der Waals surface area contributed by atoms with E-state index in [1.54, 1.807) is 12.2 Å². The summed E-state index contributed by atoms with van der Waals surface area (Å²) in [6, 6.07) is -2.72. The van der Waals surface area contributed by atoms with E-state index < -0.39 is 42.0 Å². The van der Waals surface area contributed by atoms with Crippen LogP contribution in [0.25, 0.3) is 0 Å². The molecule has 120 valence electrons. The minimum atomic E-state index is -4.62. The number of carbonyl (C=O) groups is 3. The maximum atomic E-state index is 12.3. The van der Waals surface area contributed by atoms with Gasteiger partial charge in [-0.3, -0.25) is 14.4 Å². The fraction of sp³-hybridized carbons (Fsp3) is 0.750. The van der Waals surface area contributed by atoms with Gasteiger partial charge in [-0.1, -0.05) is 0 Å². The second-order valence-electron chi connectivity index (χ2n) is 4.89. The van der Waals surface area contributed by atoms with Gasteiger partial charge in [0.05, 0.1) is 13.0 Å². The number of hydrogen-bond donors (Lipinski definition) is 1. The summed E-state index contributed by atoms with van der Waals surface area (Å²) in [5.41, 5.74) is 0. The molecule has 1 rings (SSSR count). The molecule has 0 aromatic rings. The molecule has 2 amide bonds. The number of ether oxygens (including phenoxy) is 1. The Morgan fingerprint density at radius 2 is 1.90 bits per heavy atom. The first-order chi connectivity index (χ1) is 9.59. The summed E-state index contributed by atoms with van der Waals surface area (Å²) in [5, 5.41) is 1.60. The van der Waals surface area contributed by atoms with Crippen LogP contribution >= 0.6 is 0 Å². The van der Waals surface area contributed by atoms with Crippen molar-refractivity contribution in [3.63, 3.8) is 0 Å². The van der Waals surface area contributed by atoms with Crippen LogP contribution in [-0.2, 0) is 19.1 Å². The van der Waals surface area contributed by atoms with Crippen molar-refractivity contribution in [2.24, 2.45) is 5.92 Å². The molecule has 3 atom stereocenters. The Morgan fingerprint density at radius 1 is 1.33 bits per heavy atom. The van der Waals surface area contributed by atoms with Gasteiger partial charge in [-0.2, -0.15) is 13.2 Å². The minimum absolute atomic E-state index is 0.119. The summed E-state index contributed by atoms with van der Waals surface area (Å²) >= 11 is 0. The zero-order valence-electron chi connectivity index (χ0n) is 11.9. The van der Waals surface area contributed by atoms with Gasteiger partial charge in [0, 0.05) is 12.6 Å². The molecule has 21 heavy (non-hydrogen) atoms. The van der Waals surface area contributed by atoms with Crippen LogP contribution in [0, 0.1) is 5.92 Å². The zero-order valence-corrected chi connectivity index (χ0v) is 11.9. The molecule has 1 aliphatic rings. The van der Waals surface area contributed by atoms with Gasteiger partial charge in [-0.25, -0.2) is 0 Å². The smallest absolute Gasteiger partial charge is 0.408 e. The quantitative estimate of drug-likeness (QED) is 0.594. The molecule has 9 heteroatoms. The lowest BCUT2D eigenvalue weighted by Gasteiger charge is -2.24. The van der Waals surface area contributed by atoms with Crippen molar-refractivity contribution in [3.8, 4) is 0 Å². The number of hydrogen-bond acceptors (Lipinski definition) is 4. The van der Waals surface area contributed by atoms with Gasteiger partial charge in [0.1, 0.15) is 6.04 Å². The van der Waals surface area contributed by atoms with E-state index >= 15 is 0 Å². The molecule has 0 bridgehead atoms. The van der Waals surface area contributed by atoms with E-state index in [0.29, 0.717) is 6.42 Å². The third-order valence-corrected chi connectivity index (χ3v) is 3.55. The Morgan fingerprint density at radius 3 is 2.38 bits per heavy atom. The fourth-order valence-corrected chi connectivity index (χ4v) is 2.16. The van der Waals surface area contributed by atoms with E-state index in [-0.39, 0.29) is 6.54 Å². The first kappa shape index (κ1) is 17.3. The average Bonchev–Trinajstić information content (AvgIpc) is 2.77. The van der Waals surface area contributed by atoms with Crippen molar-refractivity contribution < 1.29 is 32.3 Å². The second-order valence-corrected chi connectivity index (χ2v) is 4.89. The van der Waals surface area contributed by atoms with Crippen molar-refractivity contribution >= 4 is 17.8 Å². The second kappa shape index (κ2) is 6.31. The molecule has 0 radical (unpaired) electrons. The van der Waals surface area contributed by atoms with Crippen LogP contribution in [0.1, 0.15) is 20.3 Å². The van der Waals surface area contributed by atoms with E-state index in [9.17, 15) is 27.6 Å². The highest BCUT2D eigenvalue weighted by molar-refractivity contribution is 6.35. The lowest BCUT2D eigenvalue weighted by Crippen LogP contribution is -2.51. The van der Waals surface area contributed by atoms with Crippen molar-refractivity contribution in [1.29, 1.82) is 0 Å². The van der Waals surface area contributed by atoms with E-state index in [1.807, 2.05) is 0 Å². The largest absolute Gasteiger partial charge is 0.469 e. The first-order valence-electron chi connectivity index (χ1n) is 6.35. The molecule has 1 saturated heterocycles. The lowest BCUT2D eigenvalue weighted by atomic mass is 10.0. The van der Waals surface area contributed by atoms with Crippen LogP contribution in [0.15, 0.2) is 0 Å². The van der Waals surface area contributed by atoms with E-state index in [0.717, 1.165) is 11.8 Å². The van der Waals surface area contributed by atoms with E-state index in [4.69, 9.17) is 0 Å². The SMILES string of the molecule is COC(=O)[C@H]1CCN(C(=O)C(=O)N[C@H](C)C(F)(F)F)[C@H]1C. The Hall–Kier alpha value is -1.80. The number of likely N-dealkylation sites (tertiary alicyclic amines) is 1. The predicted molar refractivity (Wildman–Crippen MR) is 65.0 cm³/mol. The number of halogens is 3. The third-order valence-electron chi connectivity index (χ3n) is 3.55. The molecule has 1 fully saturated rings. The van der Waals surface area contributed by atoms with Crippen molar-refractivity contribution in [1.82, 2.24) is 10.2 Å². The number of carbonyl (C=O) groups excluding carboxylic acids is 3. The first-order valence-corrected chi connectivity index (χ1v) is 6.35. The molecule has 0 saturated carbocycles. The normalized spacial score (nSPS) is 23.6. The van der Waals surface area contributed by atoms with Gasteiger partial charge in [0.2, 0.25) is 0 Å². The monoisotopic (exact) mass is 310 g/mol. The van der Waals surface area contributed by atoms with Crippen molar-refractivity contribution in [2.75, 3.05) is 13.7 Å². The third kappa shape index (κ3) is 3.85. The summed E-state index contributed by atoms with van der Waals surface area (Å²) in [6.45, 7) is 2.41.